The Kier molecular flexibility index (Phi) is 8.77. The number of ether oxygens (including phenoxy) is 1. The van der Waals surface area contributed by atoms with Crippen molar-refractivity contribution >= 4 is 44.8 Å². The van der Waals surface area contributed by atoms with Gasteiger partial charge in [-0.3, -0.25) is 0 Å². The molecule has 2 aromatic carbocycles. The van der Waals surface area contributed by atoms with Crippen molar-refractivity contribution in [1.82, 2.24) is 19.2 Å². The summed E-state index contributed by atoms with van der Waals surface area (Å²) >= 11 is 6.44. The van der Waals surface area contributed by atoms with E-state index in [-0.39, 0.29) is 27.8 Å². The van der Waals surface area contributed by atoms with E-state index in [1.165, 1.54) is 21.6 Å². The largest absolute Gasteiger partial charge is 0.495 e. The van der Waals surface area contributed by atoms with Gasteiger partial charge in [-0.1, -0.05) is 23.7 Å². The van der Waals surface area contributed by atoms with E-state index >= 15 is 0 Å². The Morgan fingerprint density at radius 2 is 1.75 bits per heavy atom. The van der Waals surface area contributed by atoms with Gasteiger partial charge in [-0.05, 0) is 68.0 Å². The number of fused-ring (bicyclic) bond motifs is 1. The first-order valence-corrected chi connectivity index (χ1v) is 15.3. The van der Waals surface area contributed by atoms with Crippen LogP contribution in [0.4, 0.5) is 23.1 Å². The number of hydrogen-bond donors (Lipinski definition) is 3. The predicted molar refractivity (Wildman–Crippen MR) is 157 cm³/mol. The van der Waals surface area contributed by atoms with Crippen LogP contribution in [0.1, 0.15) is 30.9 Å². The molecule has 1 atom stereocenters. The molecule has 2 aliphatic heterocycles. The lowest BCUT2D eigenvalue weighted by Gasteiger charge is -2.20. The van der Waals surface area contributed by atoms with Gasteiger partial charge < -0.3 is 25.4 Å². The summed E-state index contributed by atoms with van der Waals surface area (Å²) in [5.74, 6) is 1.23. The Bertz CT molecular complexity index is 1460. The molecule has 0 saturated carbocycles. The number of aromatic nitrogens is 2. The zero-order valence-corrected chi connectivity index (χ0v) is 24.3. The number of halogens is 1. The zero-order valence-electron chi connectivity index (χ0n) is 22.7. The van der Waals surface area contributed by atoms with E-state index in [2.05, 4.69) is 31.6 Å². The van der Waals surface area contributed by atoms with Gasteiger partial charge in [-0.25, -0.2) is 13.4 Å². The average Bonchev–Trinajstić information content (AvgIpc) is 3.42. The van der Waals surface area contributed by atoms with Crippen LogP contribution in [0.25, 0.3) is 0 Å². The monoisotopic (exact) mass is 586 g/mol. The van der Waals surface area contributed by atoms with Crippen LogP contribution in [0.3, 0.4) is 0 Å². The Hall–Kier alpha value is -2.96. The third-order valence-electron chi connectivity index (χ3n) is 7.25. The number of sulfonamides is 1. The van der Waals surface area contributed by atoms with Gasteiger partial charge in [0.05, 0.1) is 30.8 Å². The number of benzene rings is 2. The zero-order chi connectivity index (χ0) is 28.3. The fourth-order valence-corrected chi connectivity index (χ4v) is 7.05. The maximum atomic E-state index is 13.3. The smallest absolute Gasteiger partial charge is 0.245 e. The normalized spacial score (nSPS) is 17.2. The predicted octanol–water partition coefficient (Wildman–Crippen LogP) is 4.19. The highest BCUT2D eigenvalue weighted by Crippen LogP contribution is 2.34. The minimum absolute atomic E-state index is 0.179. The minimum Gasteiger partial charge on any atom is -0.495 e. The van der Waals surface area contributed by atoms with Crippen LogP contribution >= 0.6 is 11.6 Å². The molecule has 0 radical (unpaired) electrons. The quantitative estimate of drug-likeness (QED) is 0.339. The molecule has 0 bridgehead atoms. The lowest BCUT2D eigenvalue weighted by atomic mass is 10.0. The molecule has 1 fully saturated rings. The van der Waals surface area contributed by atoms with Crippen LogP contribution in [-0.2, 0) is 22.9 Å². The van der Waals surface area contributed by atoms with E-state index < -0.39 is 10.0 Å². The molecular formula is C28H35ClN6O4S. The second kappa shape index (κ2) is 12.3. The molecule has 0 amide bonds. The molecule has 0 aliphatic carbocycles. The van der Waals surface area contributed by atoms with Gasteiger partial charge in [-0.15, -0.1) is 0 Å². The van der Waals surface area contributed by atoms with Gasteiger partial charge in [0.1, 0.15) is 15.7 Å². The summed E-state index contributed by atoms with van der Waals surface area (Å²) in [7, 11) is -2.04. The Balaban J connectivity index is 1.39. The highest BCUT2D eigenvalue weighted by molar-refractivity contribution is 7.89. The summed E-state index contributed by atoms with van der Waals surface area (Å²) in [6.45, 7) is 5.21. The van der Waals surface area contributed by atoms with Crippen molar-refractivity contribution in [1.29, 1.82) is 0 Å². The fraction of sp³-hybridized carbons (Fsp3) is 0.429. The molecule has 1 unspecified atom stereocenters. The van der Waals surface area contributed by atoms with Gasteiger partial charge in [-0.2, -0.15) is 9.29 Å². The number of aliphatic hydroxyl groups excluding tert-OH is 1. The molecule has 10 nitrogen and oxygen atoms in total. The second-order valence-electron chi connectivity index (χ2n) is 10.2. The van der Waals surface area contributed by atoms with Crippen LogP contribution < -0.4 is 15.4 Å². The number of hydrogen-bond acceptors (Lipinski definition) is 9. The number of anilines is 4. The molecule has 2 aliphatic rings. The van der Waals surface area contributed by atoms with Crippen molar-refractivity contribution in [3.63, 3.8) is 0 Å². The maximum Gasteiger partial charge on any atom is 0.245 e. The molecule has 5 rings (SSSR count). The number of para-hydroxylation sites is 1. The van der Waals surface area contributed by atoms with E-state index in [0.717, 1.165) is 44.5 Å². The molecule has 3 aromatic rings. The van der Waals surface area contributed by atoms with Crippen molar-refractivity contribution in [2.24, 2.45) is 0 Å². The van der Waals surface area contributed by atoms with Gasteiger partial charge >= 0.3 is 0 Å². The molecular weight excluding hydrogens is 552 g/mol. The molecule has 0 spiro atoms. The molecule has 1 aromatic heterocycles. The van der Waals surface area contributed by atoms with Gasteiger partial charge in [0.2, 0.25) is 16.0 Å². The first-order valence-electron chi connectivity index (χ1n) is 13.5. The standard InChI is InChI=1S/C28H35ClN6O4S/c1-19(36)18-34-13-9-20-15-24(25(39-2)16-21(20)10-14-34)32-28-30-17-22(29)27(33-28)31-23-7-3-4-8-26(23)40(37,38)35-11-5-6-12-35/h3-4,7-8,15-17,19,36H,5-6,9-14,18H2,1-2H3,(H2,30,31,32,33). The Labute approximate surface area is 240 Å². The van der Waals surface area contributed by atoms with E-state index in [0.29, 0.717) is 31.1 Å². The summed E-state index contributed by atoms with van der Waals surface area (Å²) in [5, 5.41) is 16.4. The SMILES string of the molecule is COc1cc2c(cc1Nc1ncc(Cl)c(Nc3ccccc3S(=O)(=O)N3CCCC3)n1)CCN(CC(C)O)CC2. The summed E-state index contributed by atoms with van der Waals surface area (Å²) < 4.78 is 33.8. The molecule has 12 heteroatoms. The lowest BCUT2D eigenvalue weighted by molar-refractivity contribution is 0.129. The van der Waals surface area contributed by atoms with Crippen LogP contribution in [0, 0.1) is 0 Å². The summed E-state index contributed by atoms with van der Waals surface area (Å²) in [5.41, 5.74) is 3.52. The first-order chi connectivity index (χ1) is 19.2. The van der Waals surface area contributed by atoms with Gasteiger partial charge in [0, 0.05) is 32.7 Å². The third kappa shape index (κ3) is 6.34. The van der Waals surface area contributed by atoms with E-state index in [9.17, 15) is 13.5 Å². The van der Waals surface area contributed by atoms with Crippen LogP contribution in [0.15, 0.2) is 47.5 Å². The summed E-state index contributed by atoms with van der Waals surface area (Å²) in [6, 6.07) is 10.9. The lowest BCUT2D eigenvalue weighted by Crippen LogP contribution is -2.33. The topological polar surface area (TPSA) is 120 Å². The molecule has 214 valence electrons. The number of nitrogens with zero attached hydrogens (tertiary/aromatic N) is 4. The van der Waals surface area contributed by atoms with Crippen molar-refractivity contribution in [3.8, 4) is 5.75 Å². The van der Waals surface area contributed by atoms with Crippen LogP contribution in [0.5, 0.6) is 5.75 Å². The summed E-state index contributed by atoms with van der Waals surface area (Å²) in [4.78, 5) is 11.4. The van der Waals surface area contributed by atoms with Crippen molar-refractivity contribution < 1.29 is 18.3 Å². The Morgan fingerprint density at radius 1 is 1.05 bits per heavy atom. The number of rotatable bonds is 9. The number of β-amino-alcohol motifs (C(OH)–C–C–N with tert-alkyl or cyclic N) is 1. The molecule has 1 saturated heterocycles. The highest BCUT2D eigenvalue weighted by Gasteiger charge is 2.29. The molecule has 3 heterocycles. The second-order valence-corrected chi connectivity index (χ2v) is 12.5. The van der Waals surface area contributed by atoms with Gasteiger partial charge in [0.25, 0.3) is 0 Å². The number of nitrogens with one attached hydrogen (secondary N) is 2. The molecule has 40 heavy (non-hydrogen) atoms. The summed E-state index contributed by atoms with van der Waals surface area (Å²) in [6.07, 6.45) is 4.52. The van der Waals surface area contributed by atoms with Crippen molar-refractivity contribution in [3.05, 3.63) is 58.7 Å². The fourth-order valence-electron chi connectivity index (χ4n) is 5.25. The van der Waals surface area contributed by atoms with Crippen molar-refractivity contribution in [2.45, 2.75) is 43.6 Å². The number of methoxy groups -OCH3 is 1. The third-order valence-corrected chi connectivity index (χ3v) is 9.49. The van der Waals surface area contributed by atoms with Gasteiger partial charge in [0.15, 0.2) is 5.82 Å². The van der Waals surface area contributed by atoms with Crippen LogP contribution in [0.2, 0.25) is 5.02 Å². The van der Waals surface area contributed by atoms with Crippen LogP contribution in [-0.4, -0.2) is 78.6 Å². The minimum atomic E-state index is -3.66. The highest BCUT2D eigenvalue weighted by atomic mass is 35.5. The van der Waals surface area contributed by atoms with Crippen molar-refractivity contribution in [2.75, 3.05) is 50.5 Å². The first kappa shape index (κ1) is 28.6. The van der Waals surface area contributed by atoms with E-state index in [1.807, 2.05) is 13.0 Å². The van der Waals surface area contributed by atoms with E-state index in [1.54, 1.807) is 31.4 Å². The molecule has 3 N–H and O–H groups in total. The maximum absolute atomic E-state index is 13.3. The number of aliphatic hydroxyl groups is 1. The van der Waals surface area contributed by atoms with E-state index in [4.69, 9.17) is 16.3 Å². The Morgan fingerprint density at radius 3 is 2.45 bits per heavy atom. The average molecular weight is 587 g/mol.